The maximum Gasteiger partial charge on any atom is 0.416 e. The van der Waals surface area contributed by atoms with Crippen LogP contribution in [0.2, 0.25) is 0 Å². The summed E-state index contributed by atoms with van der Waals surface area (Å²) in [6.45, 7) is 11.5. The number of rotatable bonds is 4. The lowest BCUT2D eigenvalue weighted by molar-refractivity contribution is -0.137. The van der Waals surface area contributed by atoms with Gasteiger partial charge in [0.05, 0.1) is 11.3 Å². The summed E-state index contributed by atoms with van der Waals surface area (Å²) in [4.78, 5) is 6.65. The lowest BCUT2D eigenvalue weighted by Gasteiger charge is -2.20. The monoisotopic (exact) mass is 340 g/mol. The fourth-order valence-corrected chi connectivity index (χ4v) is 2.30. The van der Waals surface area contributed by atoms with Gasteiger partial charge in [-0.2, -0.15) is 22.8 Å². The first kappa shape index (κ1) is 18.3. The van der Waals surface area contributed by atoms with Crippen LogP contribution in [0.4, 0.5) is 19.1 Å². The standard InChI is InChI=1S/C17H23F3N4/c1-6-23(7-2)15-21-14(16(3,4)5)22-24(15)13-10-8-12(9-11-13)17(18,19)20/h8-11H,6-7H2,1-5H3. The summed E-state index contributed by atoms with van der Waals surface area (Å²) in [7, 11) is 0. The van der Waals surface area contributed by atoms with E-state index in [1.807, 2.05) is 39.5 Å². The van der Waals surface area contributed by atoms with E-state index in [1.54, 1.807) is 4.68 Å². The van der Waals surface area contributed by atoms with Crippen molar-refractivity contribution in [1.29, 1.82) is 0 Å². The van der Waals surface area contributed by atoms with Crippen LogP contribution in [0.1, 0.15) is 46.0 Å². The fourth-order valence-electron chi connectivity index (χ4n) is 2.30. The van der Waals surface area contributed by atoms with Crippen LogP contribution in [0.15, 0.2) is 24.3 Å². The third-order valence-electron chi connectivity index (χ3n) is 3.75. The van der Waals surface area contributed by atoms with Crippen molar-refractivity contribution >= 4 is 5.95 Å². The van der Waals surface area contributed by atoms with Crippen LogP contribution >= 0.6 is 0 Å². The molecule has 2 aromatic rings. The van der Waals surface area contributed by atoms with E-state index in [2.05, 4.69) is 10.1 Å². The summed E-state index contributed by atoms with van der Waals surface area (Å²) in [5, 5.41) is 4.54. The van der Waals surface area contributed by atoms with Gasteiger partial charge in [0.1, 0.15) is 0 Å². The molecule has 132 valence electrons. The van der Waals surface area contributed by atoms with Gasteiger partial charge >= 0.3 is 6.18 Å². The first-order valence-corrected chi connectivity index (χ1v) is 7.98. The summed E-state index contributed by atoms with van der Waals surface area (Å²) in [5.74, 6) is 1.30. The third-order valence-corrected chi connectivity index (χ3v) is 3.75. The van der Waals surface area contributed by atoms with Gasteiger partial charge in [-0.05, 0) is 38.1 Å². The van der Waals surface area contributed by atoms with Gasteiger partial charge < -0.3 is 4.90 Å². The molecule has 0 aliphatic carbocycles. The second kappa shape index (κ2) is 6.45. The quantitative estimate of drug-likeness (QED) is 0.826. The van der Waals surface area contributed by atoms with Crippen molar-refractivity contribution in [3.63, 3.8) is 0 Å². The molecule has 0 N–H and O–H groups in total. The molecule has 0 fully saturated rings. The Hall–Kier alpha value is -2.05. The molecular formula is C17H23F3N4. The Balaban J connectivity index is 2.53. The van der Waals surface area contributed by atoms with E-state index in [0.717, 1.165) is 25.2 Å². The number of hydrogen-bond donors (Lipinski definition) is 0. The van der Waals surface area contributed by atoms with Gasteiger partial charge in [0.25, 0.3) is 0 Å². The molecule has 0 radical (unpaired) electrons. The molecule has 1 heterocycles. The van der Waals surface area contributed by atoms with E-state index in [-0.39, 0.29) is 5.41 Å². The van der Waals surface area contributed by atoms with Gasteiger partial charge in [0.15, 0.2) is 5.82 Å². The number of halogens is 3. The Morgan fingerprint density at radius 3 is 1.96 bits per heavy atom. The molecule has 0 atom stereocenters. The van der Waals surface area contributed by atoms with E-state index in [4.69, 9.17) is 0 Å². The lowest BCUT2D eigenvalue weighted by atomic mass is 9.96. The Bertz CT molecular complexity index is 677. The first-order valence-electron chi connectivity index (χ1n) is 7.98. The molecule has 1 aromatic heterocycles. The van der Waals surface area contributed by atoms with E-state index in [0.29, 0.717) is 17.5 Å². The molecule has 0 saturated heterocycles. The van der Waals surface area contributed by atoms with Crippen LogP contribution in [0.25, 0.3) is 5.69 Å². The Morgan fingerprint density at radius 2 is 1.54 bits per heavy atom. The third kappa shape index (κ3) is 3.71. The van der Waals surface area contributed by atoms with Gasteiger partial charge in [0, 0.05) is 18.5 Å². The van der Waals surface area contributed by atoms with E-state index >= 15 is 0 Å². The smallest absolute Gasteiger partial charge is 0.341 e. The molecule has 4 nitrogen and oxygen atoms in total. The van der Waals surface area contributed by atoms with Gasteiger partial charge in [-0.1, -0.05) is 20.8 Å². The predicted molar refractivity (Wildman–Crippen MR) is 88.6 cm³/mol. The van der Waals surface area contributed by atoms with Crippen LogP contribution < -0.4 is 4.90 Å². The van der Waals surface area contributed by atoms with Gasteiger partial charge in [-0.3, -0.25) is 0 Å². The topological polar surface area (TPSA) is 34.0 Å². The highest BCUT2D eigenvalue weighted by Crippen LogP contribution is 2.30. The van der Waals surface area contributed by atoms with Gasteiger partial charge in [-0.25, -0.2) is 0 Å². The minimum atomic E-state index is -4.35. The average Bonchev–Trinajstić information content (AvgIpc) is 2.93. The Kier molecular flexibility index (Phi) is 4.92. The number of benzene rings is 1. The van der Waals surface area contributed by atoms with Crippen LogP contribution in [0, 0.1) is 0 Å². The molecule has 0 aliphatic heterocycles. The van der Waals surface area contributed by atoms with Crippen LogP contribution in [-0.4, -0.2) is 27.9 Å². The molecule has 1 aromatic carbocycles. The van der Waals surface area contributed by atoms with Crippen molar-refractivity contribution in [2.24, 2.45) is 0 Å². The van der Waals surface area contributed by atoms with Gasteiger partial charge in [-0.15, -0.1) is 5.10 Å². The molecule has 0 amide bonds. The van der Waals surface area contributed by atoms with Crippen molar-refractivity contribution in [1.82, 2.24) is 14.8 Å². The fraction of sp³-hybridized carbons (Fsp3) is 0.529. The van der Waals surface area contributed by atoms with Crippen molar-refractivity contribution in [2.45, 2.75) is 46.2 Å². The zero-order valence-corrected chi connectivity index (χ0v) is 14.6. The number of anilines is 1. The Morgan fingerprint density at radius 1 is 1.00 bits per heavy atom. The molecule has 24 heavy (non-hydrogen) atoms. The summed E-state index contributed by atoms with van der Waals surface area (Å²) >= 11 is 0. The zero-order valence-electron chi connectivity index (χ0n) is 14.6. The van der Waals surface area contributed by atoms with E-state index in [1.165, 1.54) is 12.1 Å². The van der Waals surface area contributed by atoms with Crippen molar-refractivity contribution in [3.05, 3.63) is 35.7 Å². The summed E-state index contributed by atoms with van der Waals surface area (Å²) in [6.07, 6.45) is -4.35. The summed E-state index contributed by atoms with van der Waals surface area (Å²) < 4.78 is 39.9. The minimum absolute atomic E-state index is 0.251. The Labute approximate surface area is 140 Å². The van der Waals surface area contributed by atoms with Crippen LogP contribution in [0.3, 0.4) is 0 Å². The predicted octanol–water partition coefficient (Wildman–Crippen LogP) is 4.43. The van der Waals surface area contributed by atoms with Crippen molar-refractivity contribution in [3.8, 4) is 5.69 Å². The number of hydrogen-bond acceptors (Lipinski definition) is 3. The number of nitrogens with zero attached hydrogens (tertiary/aromatic N) is 4. The maximum absolute atomic E-state index is 12.8. The number of alkyl halides is 3. The highest BCUT2D eigenvalue weighted by molar-refractivity contribution is 5.44. The van der Waals surface area contributed by atoms with Crippen LogP contribution in [-0.2, 0) is 11.6 Å². The summed E-state index contributed by atoms with van der Waals surface area (Å²) in [5.41, 5.74) is -0.362. The molecule has 0 unspecified atom stereocenters. The molecular weight excluding hydrogens is 317 g/mol. The van der Waals surface area contributed by atoms with Crippen molar-refractivity contribution in [2.75, 3.05) is 18.0 Å². The van der Waals surface area contributed by atoms with Crippen LogP contribution in [0.5, 0.6) is 0 Å². The molecule has 0 spiro atoms. The largest absolute Gasteiger partial charge is 0.416 e. The first-order chi connectivity index (χ1) is 11.1. The average molecular weight is 340 g/mol. The SMILES string of the molecule is CCN(CC)c1nc(C(C)(C)C)nn1-c1ccc(C(F)(F)F)cc1. The minimum Gasteiger partial charge on any atom is -0.341 e. The molecule has 7 heteroatoms. The normalized spacial score (nSPS) is 12.5. The highest BCUT2D eigenvalue weighted by Gasteiger charge is 2.30. The molecule has 0 bridgehead atoms. The zero-order chi connectivity index (χ0) is 18.1. The number of aromatic nitrogens is 3. The molecule has 0 saturated carbocycles. The summed E-state index contributed by atoms with van der Waals surface area (Å²) in [6, 6.07) is 4.99. The second-order valence-electron chi connectivity index (χ2n) is 6.61. The molecule has 0 aliphatic rings. The van der Waals surface area contributed by atoms with Gasteiger partial charge in [0.2, 0.25) is 5.95 Å². The maximum atomic E-state index is 12.8. The second-order valence-corrected chi connectivity index (χ2v) is 6.61. The van der Waals surface area contributed by atoms with E-state index < -0.39 is 11.7 Å². The van der Waals surface area contributed by atoms with Crippen molar-refractivity contribution < 1.29 is 13.2 Å². The van der Waals surface area contributed by atoms with E-state index in [9.17, 15) is 13.2 Å². The highest BCUT2D eigenvalue weighted by atomic mass is 19.4. The lowest BCUT2D eigenvalue weighted by Crippen LogP contribution is -2.25. The molecule has 2 rings (SSSR count).